The van der Waals surface area contributed by atoms with Gasteiger partial charge in [0.1, 0.15) is 0 Å². The predicted octanol–water partition coefficient (Wildman–Crippen LogP) is 2.06. The zero-order chi connectivity index (χ0) is 11.3. The van der Waals surface area contributed by atoms with Crippen LogP contribution in [0.5, 0.6) is 0 Å². The second kappa shape index (κ2) is 6.12. The standard InChI is InChI=1S/C12H26N2S/c1-5-15-9-8-14-7-6-13-11(10-14)12(2,3)4/h11,13H,5-10H2,1-4H3. The van der Waals surface area contributed by atoms with Crippen molar-refractivity contribution in [2.45, 2.75) is 33.7 Å². The fraction of sp³-hybridized carbons (Fsp3) is 1.00. The minimum Gasteiger partial charge on any atom is -0.311 e. The van der Waals surface area contributed by atoms with Gasteiger partial charge in [0.2, 0.25) is 0 Å². The van der Waals surface area contributed by atoms with Crippen molar-refractivity contribution in [3.05, 3.63) is 0 Å². The van der Waals surface area contributed by atoms with Gasteiger partial charge in [-0.15, -0.1) is 0 Å². The summed E-state index contributed by atoms with van der Waals surface area (Å²) in [6.45, 7) is 14.1. The molecule has 1 unspecified atom stereocenters. The van der Waals surface area contributed by atoms with E-state index in [1.807, 2.05) is 11.8 Å². The number of nitrogens with one attached hydrogen (secondary N) is 1. The Kier molecular flexibility index (Phi) is 5.44. The summed E-state index contributed by atoms with van der Waals surface area (Å²) >= 11 is 2.05. The van der Waals surface area contributed by atoms with Crippen LogP contribution in [0.4, 0.5) is 0 Å². The van der Waals surface area contributed by atoms with Crippen LogP contribution in [0.1, 0.15) is 27.7 Å². The maximum Gasteiger partial charge on any atom is 0.0244 e. The van der Waals surface area contributed by atoms with E-state index >= 15 is 0 Å². The van der Waals surface area contributed by atoms with Crippen LogP contribution in [0.2, 0.25) is 0 Å². The van der Waals surface area contributed by atoms with Gasteiger partial charge in [-0.2, -0.15) is 11.8 Å². The van der Waals surface area contributed by atoms with Gasteiger partial charge in [-0.25, -0.2) is 0 Å². The third-order valence-electron chi connectivity index (χ3n) is 3.06. The molecule has 0 saturated carbocycles. The lowest BCUT2D eigenvalue weighted by Gasteiger charge is -2.40. The number of rotatable bonds is 4. The highest BCUT2D eigenvalue weighted by atomic mass is 32.2. The van der Waals surface area contributed by atoms with Gasteiger partial charge >= 0.3 is 0 Å². The highest BCUT2D eigenvalue weighted by Crippen LogP contribution is 2.21. The van der Waals surface area contributed by atoms with Crippen LogP contribution < -0.4 is 5.32 Å². The molecule has 3 heteroatoms. The van der Waals surface area contributed by atoms with E-state index in [0.717, 1.165) is 6.54 Å². The van der Waals surface area contributed by atoms with Crippen LogP contribution in [0.3, 0.4) is 0 Å². The Hall–Kier alpha value is 0.270. The molecular weight excluding hydrogens is 204 g/mol. The van der Waals surface area contributed by atoms with E-state index < -0.39 is 0 Å². The lowest BCUT2D eigenvalue weighted by molar-refractivity contribution is 0.140. The van der Waals surface area contributed by atoms with Crippen LogP contribution in [-0.2, 0) is 0 Å². The molecule has 0 amide bonds. The molecule has 1 atom stereocenters. The van der Waals surface area contributed by atoms with Gasteiger partial charge < -0.3 is 5.32 Å². The van der Waals surface area contributed by atoms with Crippen LogP contribution in [-0.4, -0.2) is 48.6 Å². The SMILES string of the molecule is CCSCCN1CCNC(C(C)(C)C)C1. The minimum absolute atomic E-state index is 0.385. The van der Waals surface area contributed by atoms with E-state index in [4.69, 9.17) is 0 Å². The van der Waals surface area contributed by atoms with Crippen molar-refractivity contribution in [1.29, 1.82) is 0 Å². The average molecular weight is 230 g/mol. The first-order valence-corrected chi connectivity index (χ1v) is 7.23. The van der Waals surface area contributed by atoms with Crippen molar-refractivity contribution in [1.82, 2.24) is 10.2 Å². The van der Waals surface area contributed by atoms with E-state index in [0.29, 0.717) is 11.5 Å². The molecule has 0 bridgehead atoms. The Morgan fingerprint density at radius 3 is 2.73 bits per heavy atom. The van der Waals surface area contributed by atoms with Crippen molar-refractivity contribution in [3.8, 4) is 0 Å². The number of thioether (sulfide) groups is 1. The van der Waals surface area contributed by atoms with Gasteiger partial charge in [0.15, 0.2) is 0 Å². The van der Waals surface area contributed by atoms with Crippen molar-refractivity contribution in [3.63, 3.8) is 0 Å². The summed E-state index contributed by atoms with van der Waals surface area (Å²) in [5, 5.41) is 3.63. The number of piperazine rings is 1. The molecule has 1 heterocycles. The van der Waals surface area contributed by atoms with E-state index in [1.165, 1.54) is 31.1 Å². The molecule has 0 aromatic heterocycles. The molecule has 1 saturated heterocycles. The average Bonchev–Trinajstić information content (AvgIpc) is 2.17. The Balaban J connectivity index is 2.29. The maximum atomic E-state index is 3.63. The predicted molar refractivity (Wildman–Crippen MR) is 70.7 cm³/mol. The van der Waals surface area contributed by atoms with Crippen LogP contribution in [0.15, 0.2) is 0 Å². The molecular formula is C12H26N2S. The fourth-order valence-electron chi connectivity index (χ4n) is 1.93. The lowest BCUT2D eigenvalue weighted by atomic mass is 9.85. The van der Waals surface area contributed by atoms with Crippen LogP contribution in [0.25, 0.3) is 0 Å². The molecule has 0 radical (unpaired) electrons. The topological polar surface area (TPSA) is 15.3 Å². The van der Waals surface area contributed by atoms with E-state index in [1.54, 1.807) is 0 Å². The second-order valence-electron chi connectivity index (χ2n) is 5.37. The van der Waals surface area contributed by atoms with E-state index in [9.17, 15) is 0 Å². The number of nitrogens with zero attached hydrogens (tertiary/aromatic N) is 1. The molecule has 2 nitrogen and oxygen atoms in total. The molecule has 90 valence electrons. The van der Waals surface area contributed by atoms with E-state index in [-0.39, 0.29) is 0 Å². The molecule has 1 rings (SSSR count). The smallest absolute Gasteiger partial charge is 0.0244 e. The lowest BCUT2D eigenvalue weighted by Crippen LogP contribution is -2.56. The van der Waals surface area contributed by atoms with Crippen LogP contribution >= 0.6 is 11.8 Å². The molecule has 1 fully saturated rings. The van der Waals surface area contributed by atoms with Crippen molar-refractivity contribution in [2.75, 3.05) is 37.7 Å². The molecule has 1 aliphatic heterocycles. The zero-order valence-electron chi connectivity index (χ0n) is 10.7. The molecule has 1 N–H and O–H groups in total. The van der Waals surface area contributed by atoms with Crippen molar-refractivity contribution >= 4 is 11.8 Å². The first-order valence-electron chi connectivity index (χ1n) is 6.07. The highest BCUT2D eigenvalue weighted by Gasteiger charge is 2.28. The summed E-state index contributed by atoms with van der Waals surface area (Å²) in [5.41, 5.74) is 0.385. The third-order valence-corrected chi connectivity index (χ3v) is 3.94. The fourth-order valence-corrected chi connectivity index (χ4v) is 2.61. The van der Waals surface area contributed by atoms with Gasteiger partial charge in [-0.3, -0.25) is 4.90 Å². The first-order chi connectivity index (χ1) is 7.04. The largest absolute Gasteiger partial charge is 0.311 e. The molecule has 15 heavy (non-hydrogen) atoms. The monoisotopic (exact) mass is 230 g/mol. The Bertz CT molecular complexity index is 177. The highest BCUT2D eigenvalue weighted by molar-refractivity contribution is 7.99. The van der Waals surface area contributed by atoms with Crippen molar-refractivity contribution < 1.29 is 0 Å². The number of hydrogen-bond donors (Lipinski definition) is 1. The maximum absolute atomic E-state index is 3.63. The minimum atomic E-state index is 0.385. The Labute approximate surface area is 99.2 Å². The molecule has 0 aliphatic carbocycles. The number of hydrogen-bond acceptors (Lipinski definition) is 3. The zero-order valence-corrected chi connectivity index (χ0v) is 11.5. The summed E-state index contributed by atoms with van der Waals surface area (Å²) in [4.78, 5) is 2.61. The van der Waals surface area contributed by atoms with Crippen LogP contribution in [0, 0.1) is 5.41 Å². The Morgan fingerprint density at radius 1 is 1.40 bits per heavy atom. The van der Waals surface area contributed by atoms with Gasteiger partial charge in [-0.05, 0) is 11.2 Å². The molecule has 0 spiro atoms. The summed E-state index contributed by atoms with van der Waals surface area (Å²) in [5.74, 6) is 2.53. The van der Waals surface area contributed by atoms with E-state index in [2.05, 4.69) is 37.9 Å². The summed E-state index contributed by atoms with van der Waals surface area (Å²) in [7, 11) is 0. The van der Waals surface area contributed by atoms with Gasteiger partial charge in [0.05, 0.1) is 0 Å². The third kappa shape index (κ3) is 4.75. The Morgan fingerprint density at radius 2 is 2.13 bits per heavy atom. The molecule has 0 aromatic rings. The molecule has 1 aliphatic rings. The summed E-state index contributed by atoms with van der Waals surface area (Å²) < 4.78 is 0. The van der Waals surface area contributed by atoms with Gasteiger partial charge in [0.25, 0.3) is 0 Å². The summed E-state index contributed by atoms with van der Waals surface area (Å²) in [6, 6.07) is 0.651. The molecule has 0 aromatic carbocycles. The normalized spacial score (nSPS) is 24.4. The van der Waals surface area contributed by atoms with Crippen molar-refractivity contribution in [2.24, 2.45) is 5.41 Å². The quantitative estimate of drug-likeness (QED) is 0.744. The first kappa shape index (κ1) is 13.3. The van der Waals surface area contributed by atoms with Gasteiger partial charge in [0, 0.05) is 38.0 Å². The second-order valence-corrected chi connectivity index (χ2v) is 6.76. The summed E-state index contributed by atoms with van der Waals surface area (Å²) in [6.07, 6.45) is 0. The van der Waals surface area contributed by atoms with Gasteiger partial charge in [-0.1, -0.05) is 27.7 Å².